The zero-order valence-corrected chi connectivity index (χ0v) is 13.9. The van der Waals surface area contributed by atoms with Crippen molar-refractivity contribution >= 4 is 16.7 Å². The van der Waals surface area contributed by atoms with Gasteiger partial charge in [0.15, 0.2) is 5.69 Å². The smallest absolute Gasteiger partial charge is 0.354 e. The number of carboxylic acid groups (broad SMARTS) is 1. The van der Waals surface area contributed by atoms with Crippen LogP contribution in [-0.4, -0.2) is 16.1 Å². The molecule has 0 bridgehead atoms. The van der Waals surface area contributed by atoms with Crippen LogP contribution in [0.5, 0.6) is 11.6 Å². The molecule has 0 unspecified atom stereocenters. The van der Waals surface area contributed by atoms with Crippen LogP contribution in [0.3, 0.4) is 0 Å². The summed E-state index contributed by atoms with van der Waals surface area (Å²) >= 11 is 0. The predicted octanol–water partition coefficient (Wildman–Crippen LogP) is 5.02. The molecule has 0 aliphatic rings. The van der Waals surface area contributed by atoms with E-state index in [0.29, 0.717) is 11.6 Å². The van der Waals surface area contributed by atoms with E-state index in [4.69, 9.17) is 4.74 Å². The monoisotopic (exact) mass is 321 g/mol. The van der Waals surface area contributed by atoms with Gasteiger partial charge < -0.3 is 9.84 Å². The van der Waals surface area contributed by atoms with Crippen LogP contribution in [-0.2, 0) is 5.41 Å². The number of hydrogen-bond donors (Lipinski definition) is 1. The molecule has 1 heterocycles. The van der Waals surface area contributed by atoms with Crippen LogP contribution in [0.2, 0.25) is 0 Å². The number of hydrogen-bond acceptors (Lipinski definition) is 3. The quantitative estimate of drug-likeness (QED) is 0.735. The summed E-state index contributed by atoms with van der Waals surface area (Å²) in [6, 6.07) is 16.8. The molecule has 0 radical (unpaired) electrons. The van der Waals surface area contributed by atoms with Crippen molar-refractivity contribution < 1.29 is 14.6 Å². The molecule has 24 heavy (non-hydrogen) atoms. The number of ether oxygens (including phenoxy) is 1. The highest BCUT2D eigenvalue weighted by Crippen LogP contribution is 2.30. The maximum Gasteiger partial charge on any atom is 0.354 e. The highest BCUT2D eigenvalue weighted by molar-refractivity contribution is 5.94. The molecule has 0 atom stereocenters. The van der Waals surface area contributed by atoms with Gasteiger partial charge in [-0.2, -0.15) is 0 Å². The summed E-state index contributed by atoms with van der Waals surface area (Å²) in [7, 11) is 0. The molecule has 0 aliphatic carbocycles. The largest absolute Gasteiger partial charge is 0.477 e. The van der Waals surface area contributed by atoms with Gasteiger partial charge in [-0.25, -0.2) is 9.78 Å². The van der Waals surface area contributed by atoms with Crippen LogP contribution in [0.4, 0.5) is 0 Å². The van der Waals surface area contributed by atoms with Gasteiger partial charge in [-0.3, -0.25) is 0 Å². The number of nitrogens with zero attached hydrogens (tertiary/aromatic N) is 1. The number of aromatic nitrogens is 1. The maximum absolute atomic E-state index is 11.3. The van der Waals surface area contributed by atoms with Gasteiger partial charge in [0.2, 0.25) is 5.88 Å². The van der Waals surface area contributed by atoms with Crippen LogP contribution in [0.25, 0.3) is 10.8 Å². The summed E-state index contributed by atoms with van der Waals surface area (Å²) < 4.78 is 5.88. The Morgan fingerprint density at radius 2 is 1.71 bits per heavy atom. The first kappa shape index (κ1) is 16.0. The van der Waals surface area contributed by atoms with Crippen molar-refractivity contribution in [3.8, 4) is 11.6 Å². The van der Waals surface area contributed by atoms with E-state index in [-0.39, 0.29) is 11.1 Å². The second kappa shape index (κ2) is 5.96. The minimum Gasteiger partial charge on any atom is -0.477 e. The molecule has 4 nitrogen and oxygen atoms in total. The number of rotatable bonds is 3. The Morgan fingerprint density at radius 1 is 1.04 bits per heavy atom. The highest BCUT2D eigenvalue weighted by atomic mass is 16.5. The molecule has 1 N–H and O–H groups in total. The standard InChI is InChI=1S/C20H19NO3/c1-20(2,3)14-8-10-15(11-9-14)24-18-16-7-5-4-6-13(16)12-17(21-18)19(22)23/h4-12H,1-3H3,(H,22,23). The Labute approximate surface area is 140 Å². The summed E-state index contributed by atoms with van der Waals surface area (Å²) in [6.07, 6.45) is 0. The van der Waals surface area contributed by atoms with Crippen molar-refractivity contribution in [3.05, 3.63) is 65.9 Å². The van der Waals surface area contributed by atoms with Crippen molar-refractivity contribution in [2.75, 3.05) is 0 Å². The average Bonchev–Trinajstić information content (AvgIpc) is 2.54. The van der Waals surface area contributed by atoms with Crippen molar-refractivity contribution in [2.45, 2.75) is 26.2 Å². The number of fused-ring (bicyclic) bond motifs is 1. The first-order valence-electron chi connectivity index (χ1n) is 7.76. The molecule has 0 saturated heterocycles. The van der Waals surface area contributed by atoms with Gasteiger partial charge in [0.1, 0.15) is 5.75 Å². The van der Waals surface area contributed by atoms with Crippen LogP contribution < -0.4 is 4.74 Å². The van der Waals surface area contributed by atoms with Crippen molar-refractivity contribution in [1.82, 2.24) is 4.98 Å². The molecule has 122 valence electrons. The average molecular weight is 321 g/mol. The van der Waals surface area contributed by atoms with Crippen LogP contribution in [0.15, 0.2) is 54.6 Å². The molecule has 0 aliphatic heterocycles. The molecule has 0 amide bonds. The van der Waals surface area contributed by atoms with E-state index in [0.717, 1.165) is 10.8 Å². The SMILES string of the molecule is CC(C)(C)c1ccc(Oc2nc(C(=O)O)cc3ccccc23)cc1. The summed E-state index contributed by atoms with van der Waals surface area (Å²) in [5.74, 6) is -0.147. The third-order valence-corrected chi connectivity index (χ3v) is 3.86. The number of carboxylic acids is 1. The predicted molar refractivity (Wildman–Crippen MR) is 93.9 cm³/mol. The summed E-state index contributed by atoms with van der Waals surface area (Å²) in [5, 5.41) is 10.8. The van der Waals surface area contributed by atoms with E-state index in [1.54, 1.807) is 6.07 Å². The molecule has 0 spiro atoms. The Hall–Kier alpha value is -2.88. The third-order valence-electron chi connectivity index (χ3n) is 3.86. The summed E-state index contributed by atoms with van der Waals surface area (Å²) in [5.41, 5.74) is 1.23. The Kier molecular flexibility index (Phi) is 3.97. The number of benzene rings is 2. The minimum absolute atomic E-state index is 0.0324. The molecule has 3 aromatic rings. The molecule has 0 saturated carbocycles. The normalized spacial score (nSPS) is 11.5. The Balaban J connectivity index is 2.01. The Morgan fingerprint density at radius 3 is 2.33 bits per heavy atom. The lowest BCUT2D eigenvalue weighted by molar-refractivity contribution is 0.0690. The second-order valence-electron chi connectivity index (χ2n) is 6.72. The van der Waals surface area contributed by atoms with Gasteiger partial charge in [-0.05, 0) is 40.6 Å². The zero-order valence-electron chi connectivity index (χ0n) is 13.9. The van der Waals surface area contributed by atoms with E-state index in [1.165, 1.54) is 5.56 Å². The molecule has 0 fully saturated rings. The van der Waals surface area contributed by atoms with Crippen LogP contribution in [0, 0.1) is 0 Å². The first-order valence-corrected chi connectivity index (χ1v) is 7.76. The second-order valence-corrected chi connectivity index (χ2v) is 6.72. The van der Waals surface area contributed by atoms with Gasteiger partial charge in [0, 0.05) is 5.39 Å². The van der Waals surface area contributed by atoms with E-state index >= 15 is 0 Å². The molecular weight excluding hydrogens is 302 g/mol. The third kappa shape index (κ3) is 3.23. The lowest BCUT2D eigenvalue weighted by atomic mass is 9.87. The minimum atomic E-state index is -1.08. The Bertz CT molecular complexity index is 893. The fraction of sp³-hybridized carbons (Fsp3) is 0.200. The lowest BCUT2D eigenvalue weighted by Crippen LogP contribution is -2.10. The van der Waals surface area contributed by atoms with E-state index in [2.05, 4.69) is 25.8 Å². The zero-order chi connectivity index (χ0) is 17.3. The van der Waals surface area contributed by atoms with Gasteiger partial charge >= 0.3 is 5.97 Å². The van der Waals surface area contributed by atoms with Gasteiger partial charge in [-0.15, -0.1) is 0 Å². The summed E-state index contributed by atoms with van der Waals surface area (Å²) in [6.45, 7) is 6.44. The van der Waals surface area contributed by atoms with Gasteiger partial charge in [0.25, 0.3) is 0 Å². The maximum atomic E-state index is 11.3. The molecular formula is C20H19NO3. The van der Waals surface area contributed by atoms with Gasteiger partial charge in [-0.1, -0.05) is 51.1 Å². The number of carbonyl (C=O) groups is 1. The van der Waals surface area contributed by atoms with Crippen molar-refractivity contribution in [2.24, 2.45) is 0 Å². The summed E-state index contributed by atoms with van der Waals surface area (Å²) in [4.78, 5) is 15.4. The van der Waals surface area contributed by atoms with Crippen molar-refractivity contribution in [1.29, 1.82) is 0 Å². The van der Waals surface area contributed by atoms with Crippen molar-refractivity contribution in [3.63, 3.8) is 0 Å². The van der Waals surface area contributed by atoms with E-state index < -0.39 is 5.97 Å². The first-order chi connectivity index (χ1) is 11.3. The number of pyridine rings is 1. The fourth-order valence-corrected chi connectivity index (χ4v) is 2.49. The fourth-order valence-electron chi connectivity index (χ4n) is 2.49. The van der Waals surface area contributed by atoms with Crippen LogP contribution in [0.1, 0.15) is 36.8 Å². The molecule has 3 rings (SSSR count). The van der Waals surface area contributed by atoms with Gasteiger partial charge in [0.05, 0.1) is 0 Å². The van der Waals surface area contributed by atoms with E-state index in [9.17, 15) is 9.90 Å². The topological polar surface area (TPSA) is 59.4 Å². The highest BCUT2D eigenvalue weighted by Gasteiger charge is 2.15. The molecule has 2 aromatic carbocycles. The lowest BCUT2D eigenvalue weighted by Gasteiger charge is -2.19. The van der Waals surface area contributed by atoms with Crippen LogP contribution >= 0.6 is 0 Å². The molecule has 1 aromatic heterocycles. The molecule has 4 heteroatoms. The number of aromatic carboxylic acids is 1. The van der Waals surface area contributed by atoms with E-state index in [1.807, 2.05) is 48.5 Å².